The molecule has 0 atom stereocenters. The van der Waals surface area contributed by atoms with Gasteiger partial charge in [-0.1, -0.05) is 53.5 Å². The zero-order valence-corrected chi connectivity index (χ0v) is 17.0. The fourth-order valence-corrected chi connectivity index (χ4v) is 3.45. The summed E-state index contributed by atoms with van der Waals surface area (Å²) in [6, 6.07) is 19.2. The fraction of sp³-hybridized carbons (Fsp3) is 0. The molecule has 1 aromatic heterocycles. The molecule has 4 rings (SSSR count). The maximum Gasteiger partial charge on any atom is 0.255 e. The molecule has 0 unspecified atom stereocenters. The van der Waals surface area contributed by atoms with Crippen LogP contribution in [0.25, 0.3) is 17.1 Å². The number of nitrogens with zero attached hydrogens (tertiary/aromatic N) is 1. The van der Waals surface area contributed by atoms with Gasteiger partial charge in [0.05, 0.1) is 11.0 Å². The standard InChI is InChI=1S/C23H15Cl2N3O2/c24-16-11-15(12-17(25)13-16)23(30)26-18-5-3-4-14(10-18)8-9-21(29)22-27-19-6-1-2-7-20(19)28-22/h1-13H,(H,26,30)(H,27,28)/b9-8+. The van der Waals surface area contributed by atoms with Crippen LogP contribution in [0.1, 0.15) is 26.5 Å². The van der Waals surface area contributed by atoms with Crippen LogP contribution in [0.2, 0.25) is 10.0 Å². The smallest absolute Gasteiger partial charge is 0.255 e. The van der Waals surface area contributed by atoms with E-state index in [1.165, 1.54) is 6.08 Å². The van der Waals surface area contributed by atoms with Crippen molar-refractivity contribution < 1.29 is 9.59 Å². The van der Waals surface area contributed by atoms with Crippen molar-refractivity contribution in [1.29, 1.82) is 0 Å². The summed E-state index contributed by atoms with van der Waals surface area (Å²) in [7, 11) is 0. The molecule has 0 fully saturated rings. The van der Waals surface area contributed by atoms with E-state index in [0.29, 0.717) is 21.3 Å². The molecule has 0 spiro atoms. The zero-order valence-electron chi connectivity index (χ0n) is 15.5. The van der Waals surface area contributed by atoms with Gasteiger partial charge in [0.1, 0.15) is 0 Å². The van der Waals surface area contributed by atoms with Gasteiger partial charge < -0.3 is 10.3 Å². The zero-order chi connectivity index (χ0) is 21.1. The minimum absolute atomic E-state index is 0.241. The second kappa shape index (κ2) is 8.53. The number of nitrogens with one attached hydrogen (secondary N) is 2. The average molecular weight is 436 g/mol. The number of carbonyl (C=O) groups excluding carboxylic acids is 2. The lowest BCUT2D eigenvalue weighted by Crippen LogP contribution is -2.11. The predicted octanol–water partition coefficient (Wildman–Crippen LogP) is 6.02. The van der Waals surface area contributed by atoms with Crippen molar-refractivity contribution in [3.8, 4) is 0 Å². The van der Waals surface area contributed by atoms with E-state index in [1.54, 1.807) is 42.5 Å². The lowest BCUT2D eigenvalue weighted by atomic mass is 10.1. The number of H-pyrrole nitrogens is 1. The second-order valence-corrected chi connectivity index (χ2v) is 7.41. The van der Waals surface area contributed by atoms with Crippen LogP contribution in [0.3, 0.4) is 0 Å². The molecule has 30 heavy (non-hydrogen) atoms. The Morgan fingerprint density at radius 2 is 1.70 bits per heavy atom. The number of benzene rings is 3. The normalized spacial score (nSPS) is 11.1. The van der Waals surface area contributed by atoms with Gasteiger partial charge in [0.2, 0.25) is 5.78 Å². The fourth-order valence-electron chi connectivity index (χ4n) is 2.93. The van der Waals surface area contributed by atoms with Crippen molar-refractivity contribution in [2.24, 2.45) is 0 Å². The number of aromatic amines is 1. The van der Waals surface area contributed by atoms with E-state index in [2.05, 4.69) is 15.3 Å². The van der Waals surface area contributed by atoms with Crippen LogP contribution < -0.4 is 5.32 Å². The Labute approximate surface area is 182 Å². The first-order chi connectivity index (χ1) is 14.5. The van der Waals surface area contributed by atoms with Gasteiger partial charge in [0.25, 0.3) is 5.91 Å². The summed E-state index contributed by atoms with van der Waals surface area (Å²) >= 11 is 11.9. The average Bonchev–Trinajstić information content (AvgIpc) is 3.16. The Morgan fingerprint density at radius 3 is 2.47 bits per heavy atom. The summed E-state index contributed by atoms with van der Waals surface area (Å²) in [6.45, 7) is 0. The van der Waals surface area contributed by atoms with Crippen LogP contribution in [0.4, 0.5) is 5.69 Å². The molecule has 0 bridgehead atoms. The molecule has 4 aromatic rings. The molecule has 0 aliphatic heterocycles. The van der Waals surface area contributed by atoms with E-state index < -0.39 is 0 Å². The van der Waals surface area contributed by atoms with Crippen LogP contribution in [0.5, 0.6) is 0 Å². The topological polar surface area (TPSA) is 74.8 Å². The maximum atomic E-state index is 12.5. The van der Waals surface area contributed by atoms with Gasteiger partial charge >= 0.3 is 0 Å². The summed E-state index contributed by atoms with van der Waals surface area (Å²) in [6.07, 6.45) is 3.11. The largest absolute Gasteiger partial charge is 0.335 e. The van der Waals surface area contributed by atoms with E-state index in [1.807, 2.05) is 30.3 Å². The summed E-state index contributed by atoms with van der Waals surface area (Å²) in [5, 5.41) is 3.56. The molecular weight excluding hydrogens is 421 g/mol. The number of aromatic nitrogens is 2. The highest BCUT2D eigenvalue weighted by atomic mass is 35.5. The van der Waals surface area contributed by atoms with Crippen molar-refractivity contribution in [3.05, 3.63) is 99.8 Å². The molecule has 0 aliphatic carbocycles. The number of amides is 1. The quantitative estimate of drug-likeness (QED) is 0.297. The molecule has 0 saturated heterocycles. The highest BCUT2D eigenvalue weighted by Crippen LogP contribution is 2.21. The number of para-hydroxylation sites is 2. The van der Waals surface area contributed by atoms with Crippen molar-refractivity contribution in [2.45, 2.75) is 0 Å². The maximum absolute atomic E-state index is 12.5. The lowest BCUT2D eigenvalue weighted by molar-refractivity contribution is 0.102. The van der Waals surface area contributed by atoms with Crippen LogP contribution in [0, 0.1) is 0 Å². The van der Waals surface area contributed by atoms with Gasteiger partial charge in [0.15, 0.2) is 5.82 Å². The SMILES string of the molecule is O=C(Nc1cccc(/C=C/C(=O)c2nc3ccccc3[nH]2)c1)c1cc(Cl)cc(Cl)c1. The van der Waals surface area contributed by atoms with Crippen LogP contribution in [0.15, 0.2) is 72.8 Å². The Kier molecular flexibility index (Phi) is 5.65. The van der Waals surface area contributed by atoms with E-state index in [4.69, 9.17) is 23.2 Å². The van der Waals surface area contributed by atoms with Crippen molar-refractivity contribution >= 4 is 57.7 Å². The number of anilines is 1. The molecule has 0 radical (unpaired) electrons. The highest BCUT2D eigenvalue weighted by Gasteiger charge is 2.10. The van der Waals surface area contributed by atoms with Crippen LogP contribution >= 0.6 is 23.2 Å². The molecule has 1 heterocycles. The minimum Gasteiger partial charge on any atom is -0.335 e. The van der Waals surface area contributed by atoms with Gasteiger partial charge in [0, 0.05) is 21.3 Å². The first kappa shape index (κ1) is 19.9. The number of carbonyl (C=O) groups is 2. The molecule has 3 aromatic carbocycles. The highest BCUT2D eigenvalue weighted by molar-refractivity contribution is 6.35. The Hall–Kier alpha value is -3.41. The van der Waals surface area contributed by atoms with E-state index >= 15 is 0 Å². The van der Waals surface area contributed by atoms with Gasteiger partial charge in [-0.25, -0.2) is 4.98 Å². The van der Waals surface area contributed by atoms with E-state index in [9.17, 15) is 9.59 Å². The van der Waals surface area contributed by atoms with Crippen molar-refractivity contribution in [3.63, 3.8) is 0 Å². The number of fused-ring (bicyclic) bond motifs is 1. The van der Waals surface area contributed by atoms with E-state index in [0.717, 1.165) is 16.6 Å². The number of halogens is 2. The van der Waals surface area contributed by atoms with Gasteiger partial charge in [-0.3, -0.25) is 9.59 Å². The minimum atomic E-state index is -0.334. The molecular formula is C23H15Cl2N3O2. The van der Waals surface area contributed by atoms with Gasteiger partial charge in [-0.05, 0) is 54.1 Å². The molecule has 0 saturated carbocycles. The predicted molar refractivity (Wildman–Crippen MR) is 120 cm³/mol. The number of rotatable bonds is 5. The van der Waals surface area contributed by atoms with Crippen molar-refractivity contribution in [1.82, 2.24) is 9.97 Å². The Balaban J connectivity index is 1.48. The Bertz CT molecular complexity index is 1240. The summed E-state index contributed by atoms with van der Waals surface area (Å²) < 4.78 is 0. The van der Waals surface area contributed by atoms with Crippen LogP contribution in [-0.4, -0.2) is 21.7 Å². The summed E-state index contributed by atoms with van der Waals surface area (Å²) in [5.74, 6) is -0.303. The number of hydrogen-bond acceptors (Lipinski definition) is 3. The monoisotopic (exact) mass is 435 g/mol. The van der Waals surface area contributed by atoms with Crippen molar-refractivity contribution in [2.75, 3.05) is 5.32 Å². The summed E-state index contributed by atoms with van der Waals surface area (Å²) in [4.78, 5) is 32.2. The third-order valence-corrected chi connectivity index (χ3v) is 4.76. The number of imidazole rings is 1. The molecule has 5 nitrogen and oxygen atoms in total. The number of hydrogen-bond donors (Lipinski definition) is 2. The third-order valence-electron chi connectivity index (χ3n) is 4.32. The molecule has 2 N–H and O–H groups in total. The number of allylic oxidation sites excluding steroid dienone is 1. The Morgan fingerprint density at radius 1 is 0.933 bits per heavy atom. The first-order valence-electron chi connectivity index (χ1n) is 9.02. The lowest BCUT2D eigenvalue weighted by Gasteiger charge is -2.07. The first-order valence-corrected chi connectivity index (χ1v) is 9.78. The molecule has 0 aliphatic rings. The van der Waals surface area contributed by atoms with Gasteiger partial charge in [-0.2, -0.15) is 0 Å². The van der Waals surface area contributed by atoms with E-state index in [-0.39, 0.29) is 17.5 Å². The van der Waals surface area contributed by atoms with Gasteiger partial charge in [-0.15, -0.1) is 0 Å². The molecule has 1 amide bonds. The number of ketones is 1. The third kappa shape index (κ3) is 4.59. The summed E-state index contributed by atoms with van der Waals surface area (Å²) in [5.41, 5.74) is 3.23. The molecule has 7 heteroatoms. The second-order valence-electron chi connectivity index (χ2n) is 6.54. The van der Waals surface area contributed by atoms with Crippen LogP contribution in [-0.2, 0) is 0 Å². The molecule has 148 valence electrons.